The van der Waals surface area contributed by atoms with Gasteiger partial charge in [0.2, 0.25) is 5.95 Å². The Labute approximate surface area is 151 Å². The molecule has 3 rings (SSSR count). The van der Waals surface area contributed by atoms with Gasteiger partial charge in [0, 0.05) is 11.3 Å². The van der Waals surface area contributed by atoms with Gasteiger partial charge in [-0.2, -0.15) is 10.1 Å². The van der Waals surface area contributed by atoms with E-state index in [1.807, 2.05) is 13.0 Å². The summed E-state index contributed by atoms with van der Waals surface area (Å²) in [5.41, 5.74) is 1.86. The average Bonchev–Trinajstić information content (AvgIpc) is 2.99. The number of esters is 1. The molecule has 0 aliphatic carbocycles. The molecule has 8 nitrogen and oxygen atoms in total. The Kier molecular flexibility index (Phi) is 4.83. The average molecular weight is 358 g/mol. The van der Waals surface area contributed by atoms with Gasteiger partial charge < -0.3 is 19.5 Å². The fraction of sp³-hybridized carbons (Fsp3) is 0.389. The third-order valence-corrected chi connectivity index (χ3v) is 4.19. The number of allylic oxidation sites excluding steroid dienone is 1. The van der Waals surface area contributed by atoms with E-state index in [1.54, 1.807) is 44.9 Å². The molecule has 0 saturated heterocycles. The maximum absolute atomic E-state index is 12.7. The van der Waals surface area contributed by atoms with Crippen LogP contribution in [0.3, 0.4) is 0 Å². The van der Waals surface area contributed by atoms with Crippen LogP contribution >= 0.6 is 0 Å². The minimum Gasteiger partial charge on any atom is -0.497 e. The predicted octanol–water partition coefficient (Wildman–Crippen LogP) is 2.46. The number of methoxy groups -OCH3 is 2. The molecule has 1 aliphatic rings. The van der Waals surface area contributed by atoms with Crippen molar-refractivity contribution in [2.75, 3.05) is 26.1 Å². The number of anilines is 1. The smallest absolute Gasteiger partial charge is 0.338 e. The number of hydrogen-bond donors (Lipinski definition) is 1. The van der Waals surface area contributed by atoms with Crippen LogP contribution in [0.25, 0.3) is 0 Å². The molecule has 1 N–H and O–H groups in total. The number of aryl methyl sites for hydroxylation is 1. The molecule has 1 aromatic heterocycles. The first-order chi connectivity index (χ1) is 12.5. The van der Waals surface area contributed by atoms with Crippen molar-refractivity contribution < 1.29 is 19.0 Å². The van der Waals surface area contributed by atoms with E-state index in [-0.39, 0.29) is 6.61 Å². The van der Waals surface area contributed by atoms with Crippen molar-refractivity contribution in [1.82, 2.24) is 14.8 Å². The summed E-state index contributed by atoms with van der Waals surface area (Å²) in [6, 6.07) is 4.90. The Hall–Kier alpha value is -3.03. The van der Waals surface area contributed by atoms with Crippen LogP contribution in [0, 0.1) is 6.92 Å². The summed E-state index contributed by atoms with van der Waals surface area (Å²) >= 11 is 0. The van der Waals surface area contributed by atoms with Crippen molar-refractivity contribution in [3.63, 3.8) is 0 Å². The highest BCUT2D eigenvalue weighted by molar-refractivity contribution is 5.92. The predicted molar refractivity (Wildman–Crippen MR) is 95.4 cm³/mol. The van der Waals surface area contributed by atoms with Gasteiger partial charge in [-0.1, -0.05) is 0 Å². The lowest BCUT2D eigenvalue weighted by Crippen LogP contribution is -2.30. The zero-order valence-electron chi connectivity index (χ0n) is 15.5. The molecule has 0 radical (unpaired) electrons. The zero-order chi connectivity index (χ0) is 18.8. The Morgan fingerprint density at radius 1 is 1.27 bits per heavy atom. The number of carbonyl (C=O) groups is 1. The monoisotopic (exact) mass is 358 g/mol. The maximum Gasteiger partial charge on any atom is 0.338 e. The van der Waals surface area contributed by atoms with Gasteiger partial charge in [-0.25, -0.2) is 9.48 Å². The number of fused-ring (bicyclic) bond motifs is 1. The number of ether oxygens (including phenoxy) is 3. The largest absolute Gasteiger partial charge is 0.497 e. The van der Waals surface area contributed by atoms with E-state index in [2.05, 4.69) is 15.4 Å². The maximum atomic E-state index is 12.7. The summed E-state index contributed by atoms with van der Waals surface area (Å²) in [6.07, 6.45) is 0. The third kappa shape index (κ3) is 2.98. The topological polar surface area (TPSA) is 87.5 Å². The molecule has 2 aromatic rings. The highest BCUT2D eigenvalue weighted by Gasteiger charge is 2.36. The fourth-order valence-electron chi connectivity index (χ4n) is 3.07. The normalized spacial score (nSPS) is 16.0. The van der Waals surface area contributed by atoms with Gasteiger partial charge in [-0.05, 0) is 39.0 Å². The summed E-state index contributed by atoms with van der Waals surface area (Å²) in [5.74, 6) is 2.01. The highest BCUT2D eigenvalue weighted by Crippen LogP contribution is 2.40. The van der Waals surface area contributed by atoms with Crippen molar-refractivity contribution in [2.24, 2.45) is 0 Å². The molecule has 138 valence electrons. The van der Waals surface area contributed by atoms with E-state index < -0.39 is 12.0 Å². The summed E-state index contributed by atoms with van der Waals surface area (Å²) in [5, 5.41) is 7.60. The highest BCUT2D eigenvalue weighted by atomic mass is 16.5. The minimum atomic E-state index is -0.545. The van der Waals surface area contributed by atoms with E-state index >= 15 is 0 Å². The van der Waals surface area contributed by atoms with Crippen LogP contribution < -0.4 is 14.8 Å². The second-order valence-electron chi connectivity index (χ2n) is 5.82. The van der Waals surface area contributed by atoms with E-state index in [4.69, 9.17) is 14.2 Å². The van der Waals surface area contributed by atoms with Gasteiger partial charge in [-0.15, -0.1) is 0 Å². The number of carbonyl (C=O) groups excluding carboxylic acids is 1. The Morgan fingerprint density at radius 3 is 2.69 bits per heavy atom. The summed E-state index contributed by atoms with van der Waals surface area (Å²) in [7, 11) is 3.17. The molecular weight excluding hydrogens is 336 g/mol. The van der Waals surface area contributed by atoms with Gasteiger partial charge in [0.1, 0.15) is 23.4 Å². The zero-order valence-corrected chi connectivity index (χ0v) is 15.5. The Morgan fingerprint density at radius 2 is 2.04 bits per heavy atom. The Balaban J connectivity index is 2.24. The van der Waals surface area contributed by atoms with Gasteiger partial charge in [0.25, 0.3) is 0 Å². The first-order valence-corrected chi connectivity index (χ1v) is 8.30. The lowest BCUT2D eigenvalue weighted by atomic mass is 9.94. The molecule has 8 heteroatoms. The van der Waals surface area contributed by atoms with E-state index in [0.717, 1.165) is 5.56 Å². The molecule has 0 amide bonds. The molecule has 26 heavy (non-hydrogen) atoms. The number of nitrogens with one attached hydrogen (secondary N) is 1. The second kappa shape index (κ2) is 7.07. The first kappa shape index (κ1) is 17.8. The number of nitrogens with zero attached hydrogens (tertiary/aromatic N) is 3. The second-order valence-corrected chi connectivity index (χ2v) is 5.82. The third-order valence-electron chi connectivity index (χ3n) is 4.19. The molecular formula is C18H22N4O4. The van der Waals surface area contributed by atoms with Crippen molar-refractivity contribution in [3.05, 3.63) is 40.9 Å². The van der Waals surface area contributed by atoms with Crippen LogP contribution in [0.5, 0.6) is 11.5 Å². The summed E-state index contributed by atoms with van der Waals surface area (Å²) in [6.45, 7) is 5.67. The van der Waals surface area contributed by atoms with Crippen LogP contribution in [-0.4, -0.2) is 41.6 Å². The molecule has 0 saturated carbocycles. The molecule has 0 bridgehead atoms. The first-order valence-electron chi connectivity index (χ1n) is 8.30. The van der Waals surface area contributed by atoms with Crippen molar-refractivity contribution in [2.45, 2.75) is 26.8 Å². The van der Waals surface area contributed by atoms with Gasteiger partial charge >= 0.3 is 5.97 Å². The lowest BCUT2D eigenvalue weighted by Gasteiger charge is -2.29. The quantitative estimate of drug-likeness (QED) is 0.822. The number of rotatable bonds is 5. The minimum absolute atomic E-state index is 0.279. The molecule has 1 aliphatic heterocycles. The van der Waals surface area contributed by atoms with Gasteiger partial charge in [-0.3, -0.25) is 0 Å². The summed E-state index contributed by atoms with van der Waals surface area (Å²) < 4.78 is 17.8. The molecule has 0 spiro atoms. The number of hydrogen-bond acceptors (Lipinski definition) is 7. The van der Waals surface area contributed by atoms with Crippen LogP contribution in [0.2, 0.25) is 0 Å². The molecule has 1 atom stereocenters. The molecule has 0 unspecified atom stereocenters. The standard InChI is InChI=1S/C18H22N4O4/c1-6-26-17(23)15-10(2)19-18-20-11(3)21-22(18)16(15)13-9-12(24-4)7-8-14(13)25-5/h7-9,16H,6H2,1-5H3,(H,19,20,21)/t16-/m0/s1. The van der Waals surface area contributed by atoms with Crippen molar-refractivity contribution in [1.29, 1.82) is 0 Å². The molecule has 0 fully saturated rings. The number of benzene rings is 1. The Bertz CT molecular complexity index is 872. The fourth-order valence-corrected chi connectivity index (χ4v) is 3.07. The van der Waals surface area contributed by atoms with Gasteiger partial charge in [0.15, 0.2) is 0 Å². The lowest BCUT2D eigenvalue weighted by molar-refractivity contribution is -0.139. The molecule has 2 heterocycles. The summed E-state index contributed by atoms with van der Waals surface area (Å²) in [4.78, 5) is 17.1. The van der Waals surface area contributed by atoms with Crippen LogP contribution in [0.1, 0.15) is 31.3 Å². The van der Waals surface area contributed by atoms with Crippen molar-refractivity contribution >= 4 is 11.9 Å². The van der Waals surface area contributed by atoms with Crippen LogP contribution in [-0.2, 0) is 9.53 Å². The van der Waals surface area contributed by atoms with E-state index in [9.17, 15) is 4.79 Å². The molecule has 1 aromatic carbocycles. The van der Waals surface area contributed by atoms with E-state index in [1.165, 1.54) is 0 Å². The van der Waals surface area contributed by atoms with Crippen LogP contribution in [0.15, 0.2) is 29.5 Å². The van der Waals surface area contributed by atoms with E-state index in [0.29, 0.717) is 34.5 Å². The van der Waals surface area contributed by atoms with Gasteiger partial charge in [0.05, 0.1) is 26.4 Å². The van der Waals surface area contributed by atoms with Crippen molar-refractivity contribution in [3.8, 4) is 11.5 Å². The number of aromatic nitrogens is 3. The SMILES string of the molecule is CCOC(=O)C1=C(C)Nc2nc(C)nn2[C@H]1c1cc(OC)ccc1OC. The van der Waals surface area contributed by atoms with Crippen LogP contribution in [0.4, 0.5) is 5.95 Å².